The monoisotopic (exact) mass is 399 g/mol. The van der Waals surface area contributed by atoms with Crippen LogP contribution in [0.3, 0.4) is 0 Å². The number of nitrogens with zero attached hydrogens (tertiary/aromatic N) is 5. The van der Waals surface area contributed by atoms with Crippen molar-refractivity contribution < 1.29 is 4.98 Å². The Morgan fingerprint density at radius 2 is 1.77 bits per heavy atom. The normalized spacial score (nSPS) is 13.8. The quantitative estimate of drug-likeness (QED) is 0.585. The molecule has 1 aliphatic rings. The number of H-pyrrole nitrogens is 1. The maximum atomic E-state index is 9.90. The van der Waals surface area contributed by atoms with Gasteiger partial charge in [0.15, 0.2) is 5.71 Å². The second kappa shape index (κ2) is 9.41. The summed E-state index contributed by atoms with van der Waals surface area (Å²) in [5, 5.41) is 33.5. The van der Waals surface area contributed by atoms with Gasteiger partial charge < -0.3 is 5.73 Å². The molecule has 0 spiro atoms. The van der Waals surface area contributed by atoms with Gasteiger partial charge >= 0.3 is 0 Å². The zero-order valence-corrected chi connectivity index (χ0v) is 16.9. The smallest absolute Gasteiger partial charge is 0.240 e. The summed E-state index contributed by atoms with van der Waals surface area (Å²) in [6, 6.07) is 13.8. The van der Waals surface area contributed by atoms with E-state index >= 15 is 0 Å². The van der Waals surface area contributed by atoms with Crippen LogP contribution in [0.2, 0.25) is 0 Å². The van der Waals surface area contributed by atoms with Gasteiger partial charge in [-0.05, 0) is 43.4 Å². The highest BCUT2D eigenvalue weighted by atomic mass is 15.3. The molecular weight excluding hydrogens is 376 g/mol. The summed E-state index contributed by atoms with van der Waals surface area (Å²) in [5.41, 5.74) is 11.1. The maximum Gasteiger partial charge on any atom is 0.240 e. The third-order valence-electron chi connectivity index (χ3n) is 5.16. The van der Waals surface area contributed by atoms with E-state index in [0.717, 1.165) is 38.8 Å². The van der Waals surface area contributed by atoms with Crippen LogP contribution in [-0.2, 0) is 6.42 Å². The van der Waals surface area contributed by atoms with Crippen molar-refractivity contribution in [1.29, 1.82) is 15.8 Å². The van der Waals surface area contributed by atoms with Gasteiger partial charge in [0, 0.05) is 0 Å². The average Bonchev–Trinajstić information content (AvgIpc) is 2.80. The van der Waals surface area contributed by atoms with Crippen LogP contribution in [-0.4, -0.2) is 18.8 Å². The van der Waals surface area contributed by atoms with Crippen LogP contribution in [0.1, 0.15) is 48.4 Å². The van der Waals surface area contributed by atoms with E-state index in [2.05, 4.69) is 28.5 Å². The van der Waals surface area contributed by atoms with Crippen molar-refractivity contribution in [3.63, 3.8) is 0 Å². The number of rotatable bonds is 5. The summed E-state index contributed by atoms with van der Waals surface area (Å²) >= 11 is 0. The topological polar surface area (TPSA) is 139 Å². The summed E-state index contributed by atoms with van der Waals surface area (Å²) in [7, 11) is 0. The first-order valence-corrected chi connectivity index (χ1v) is 9.89. The lowest BCUT2D eigenvalue weighted by Crippen LogP contribution is -2.37. The molecule has 1 saturated heterocycles. The molecule has 30 heavy (non-hydrogen) atoms. The third-order valence-corrected chi connectivity index (χ3v) is 5.16. The molecule has 150 valence electrons. The molecule has 8 nitrogen and oxygen atoms in total. The number of benzene rings is 1. The lowest BCUT2D eigenvalue weighted by Gasteiger charge is -2.24. The molecule has 4 N–H and O–H groups in total. The Hall–Kier alpha value is -4.09. The van der Waals surface area contributed by atoms with Gasteiger partial charge in [-0.15, -0.1) is 0 Å². The molecule has 2 aromatic rings. The fourth-order valence-electron chi connectivity index (χ4n) is 3.52. The van der Waals surface area contributed by atoms with E-state index in [1.807, 2.05) is 41.3 Å². The molecule has 8 heteroatoms. The number of piperidine rings is 1. The number of hydrazone groups is 1. The van der Waals surface area contributed by atoms with Gasteiger partial charge in [0.25, 0.3) is 0 Å². The Morgan fingerprint density at radius 1 is 1.10 bits per heavy atom. The van der Waals surface area contributed by atoms with Crippen LogP contribution < -0.4 is 21.0 Å². The van der Waals surface area contributed by atoms with Crippen LogP contribution in [0.5, 0.6) is 0 Å². The van der Waals surface area contributed by atoms with E-state index in [9.17, 15) is 15.8 Å². The molecule has 0 radical (unpaired) electrons. The van der Waals surface area contributed by atoms with Crippen LogP contribution in [0, 0.1) is 34.0 Å². The molecule has 1 aromatic carbocycles. The number of pyridine rings is 1. The van der Waals surface area contributed by atoms with Crippen molar-refractivity contribution in [3.05, 3.63) is 46.5 Å². The maximum absolute atomic E-state index is 9.90. The number of hydrogen-bond donors (Lipinski definition) is 2. The molecule has 0 unspecified atom stereocenters. The number of nitrogens with one attached hydrogen (secondary N) is 2. The van der Waals surface area contributed by atoms with Crippen molar-refractivity contribution in [3.8, 4) is 18.2 Å². The van der Waals surface area contributed by atoms with Crippen molar-refractivity contribution >= 4 is 23.0 Å². The van der Waals surface area contributed by atoms with E-state index < -0.39 is 0 Å². The minimum atomic E-state index is -0.0679. The van der Waals surface area contributed by atoms with Crippen LogP contribution >= 0.6 is 0 Å². The highest BCUT2D eigenvalue weighted by molar-refractivity contribution is 6.15. The zero-order valence-electron chi connectivity index (χ0n) is 16.9. The molecule has 1 aromatic heterocycles. The molecule has 2 heterocycles. The van der Waals surface area contributed by atoms with Gasteiger partial charge in [0.2, 0.25) is 11.6 Å². The Morgan fingerprint density at radius 3 is 2.33 bits per heavy atom. The summed E-state index contributed by atoms with van der Waals surface area (Å²) < 4.78 is 0. The summed E-state index contributed by atoms with van der Waals surface area (Å²) in [4.78, 5) is 5.03. The van der Waals surface area contributed by atoms with Gasteiger partial charge in [-0.3, -0.25) is 10.3 Å². The number of nitrogen functional groups attached to an aromatic ring is 1. The first kappa shape index (κ1) is 20.6. The molecule has 0 amide bonds. The molecule has 0 atom stereocenters. The second-order valence-corrected chi connectivity index (χ2v) is 7.02. The van der Waals surface area contributed by atoms with Crippen LogP contribution in [0.15, 0.2) is 29.4 Å². The van der Waals surface area contributed by atoms with Gasteiger partial charge in [0.05, 0.1) is 24.3 Å². The Bertz CT molecular complexity index is 1070. The van der Waals surface area contributed by atoms with E-state index in [4.69, 9.17) is 5.73 Å². The number of hydrogen-bond acceptors (Lipinski definition) is 7. The Kier molecular flexibility index (Phi) is 6.47. The SMILES string of the molecule is CCc1ccc(N/N=C(\C#N)c2c(C#N)c(N)[nH+]c(N3CCCCC3)c2C#N)cc1. The Labute approximate surface area is 175 Å². The van der Waals surface area contributed by atoms with E-state index in [-0.39, 0.29) is 28.2 Å². The lowest BCUT2D eigenvalue weighted by molar-refractivity contribution is -0.347. The van der Waals surface area contributed by atoms with Crippen LogP contribution in [0.25, 0.3) is 0 Å². The second-order valence-electron chi connectivity index (χ2n) is 7.02. The number of nitriles is 3. The summed E-state index contributed by atoms with van der Waals surface area (Å²) in [6.07, 6.45) is 4.05. The highest BCUT2D eigenvalue weighted by Crippen LogP contribution is 2.27. The molecule has 3 rings (SSSR count). The minimum Gasteiger partial charge on any atom is -0.318 e. The van der Waals surface area contributed by atoms with Crippen molar-refractivity contribution in [2.75, 3.05) is 29.1 Å². The molecule has 1 aliphatic heterocycles. The summed E-state index contributed by atoms with van der Waals surface area (Å²) in [6.45, 7) is 3.62. The van der Waals surface area contributed by atoms with Gasteiger partial charge in [-0.1, -0.05) is 19.1 Å². The largest absolute Gasteiger partial charge is 0.318 e. The Balaban J connectivity index is 2.08. The molecule has 0 bridgehead atoms. The van der Waals surface area contributed by atoms with Gasteiger partial charge in [-0.2, -0.15) is 20.9 Å². The average molecular weight is 399 g/mol. The fraction of sp³-hybridized carbons (Fsp3) is 0.318. The van der Waals surface area contributed by atoms with Crippen molar-refractivity contribution in [1.82, 2.24) is 0 Å². The van der Waals surface area contributed by atoms with Crippen LogP contribution in [0.4, 0.5) is 17.3 Å². The van der Waals surface area contributed by atoms with Gasteiger partial charge in [0.1, 0.15) is 29.3 Å². The molecule has 1 fully saturated rings. The fourth-order valence-corrected chi connectivity index (χ4v) is 3.52. The van der Waals surface area contributed by atoms with Crippen molar-refractivity contribution in [2.45, 2.75) is 32.6 Å². The number of aromatic amines is 1. The minimum absolute atomic E-state index is 0.0377. The predicted molar refractivity (Wildman–Crippen MR) is 114 cm³/mol. The zero-order chi connectivity index (χ0) is 21.5. The van der Waals surface area contributed by atoms with Gasteiger partial charge in [-0.25, -0.2) is 4.98 Å². The van der Waals surface area contributed by atoms with E-state index in [1.54, 1.807) is 0 Å². The summed E-state index contributed by atoms with van der Waals surface area (Å²) in [5.74, 6) is 0.640. The molecule has 0 saturated carbocycles. The standard InChI is InChI=1S/C22H22N8/c1-2-15-6-8-16(9-7-15)28-29-19(14-25)20-17(12-23)21(26)27-22(18(20)13-24)30-10-4-3-5-11-30/h6-9,28H,2-5,10-11H2,1H3,(H2,26,27)/p+1/b29-19+. The third kappa shape index (κ3) is 4.16. The molecular formula is C22H23N8+. The number of aryl methyl sites for hydroxylation is 1. The first-order valence-electron chi connectivity index (χ1n) is 9.89. The van der Waals surface area contributed by atoms with E-state index in [1.165, 1.54) is 5.56 Å². The lowest BCUT2D eigenvalue weighted by atomic mass is 9.98. The first-order chi connectivity index (χ1) is 14.6. The predicted octanol–water partition coefficient (Wildman–Crippen LogP) is 2.72. The number of nitrogens with two attached hydrogens (primary N) is 1. The highest BCUT2D eigenvalue weighted by Gasteiger charge is 2.29. The molecule has 0 aliphatic carbocycles. The number of anilines is 3. The van der Waals surface area contributed by atoms with E-state index in [0.29, 0.717) is 11.5 Å². The number of aromatic nitrogens is 1. The van der Waals surface area contributed by atoms with Crippen molar-refractivity contribution in [2.24, 2.45) is 5.10 Å².